The molecule has 0 spiro atoms. The molecule has 6 nitrogen and oxygen atoms in total. The number of benzene rings is 1. The minimum Gasteiger partial charge on any atom is -0.469 e. The smallest absolute Gasteiger partial charge is 0.315 e. The Balaban J connectivity index is 1.61. The summed E-state index contributed by atoms with van der Waals surface area (Å²) in [5.74, 6) is 0.0888. The topological polar surface area (TPSA) is 83.4 Å². The van der Waals surface area contributed by atoms with Crippen LogP contribution in [0.5, 0.6) is 0 Å². The van der Waals surface area contributed by atoms with E-state index in [-0.39, 0.29) is 36.6 Å². The number of furan rings is 1. The predicted molar refractivity (Wildman–Crippen MR) is 96.5 cm³/mol. The first-order chi connectivity index (χ1) is 12.5. The molecule has 1 aromatic carbocycles. The fourth-order valence-electron chi connectivity index (χ4n) is 2.35. The van der Waals surface area contributed by atoms with Crippen LogP contribution in [0.2, 0.25) is 0 Å². The van der Waals surface area contributed by atoms with Gasteiger partial charge in [0.25, 0.3) is 5.91 Å². The molecule has 0 aliphatic carbocycles. The second-order valence-electron chi connectivity index (χ2n) is 6.14. The zero-order valence-electron chi connectivity index (χ0n) is 15.0. The van der Waals surface area contributed by atoms with Crippen molar-refractivity contribution in [2.24, 2.45) is 0 Å². The molecule has 0 aliphatic heterocycles. The summed E-state index contributed by atoms with van der Waals surface area (Å²) >= 11 is 0. The zero-order chi connectivity index (χ0) is 18.9. The van der Waals surface area contributed by atoms with Crippen LogP contribution in [-0.2, 0) is 6.42 Å². The van der Waals surface area contributed by atoms with Gasteiger partial charge in [0.15, 0.2) is 0 Å². The second-order valence-corrected chi connectivity index (χ2v) is 6.14. The largest absolute Gasteiger partial charge is 0.469 e. The number of rotatable bonds is 8. The van der Waals surface area contributed by atoms with Crippen molar-refractivity contribution in [3.05, 3.63) is 59.3 Å². The van der Waals surface area contributed by atoms with Gasteiger partial charge < -0.3 is 20.4 Å². The second kappa shape index (κ2) is 9.60. The molecule has 0 aliphatic rings. The van der Waals surface area contributed by atoms with Crippen LogP contribution in [0, 0.1) is 12.7 Å². The Kier molecular flexibility index (Phi) is 7.20. The number of carbonyl (C=O) groups excluding carboxylic acids is 2. The molecule has 3 amide bonds. The normalized spacial score (nSPS) is 11.7. The van der Waals surface area contributed by atoms with Gasteiger partial charge in [0.2, 0.25) is 0 Å². The van der Waals surface area contributed by atoms with Crippen LogP contribution in [0.1, 0.15) is 35.0 Å². The highest BCUT2D eigenvalue weighted by Crippen LogP contribution is 2.09. The van der Waals surface area contributed by atoms with Gasteiger partial charge >= 0.3 is 6.03 Å². The summed E-state index contributed by atoms with van der Waals surface area (Å²) < 4.78 is 18.7. The van der Waals surface area contributed by atoms with E-state index in [0.29, 0.717) is 5.56 Å². The molecule has 0 saturated heterocycles. The third kappa shape index (κ3) is 6.23. The van der Waals surface area contributed by atoms with Gasteiger partial charge in [-0.25, -0.2) is 9.18 Å². The molecule has 2 rings (SSSR count). The van der Waals surface area contributed by atoms with E-state index in [1.54, 1.807) is 25.3 Å². The molecule has 0 saturated carbocycles. The molecule has 26 heavy (non-hydrogen) atoms. The first kappa shape index (κ1) is 19.5. The standard InChI is InChI=1S/C19H24FN3O3/c1-13-5-7-15(12-17(13)20)18(24)21-9-10-22-19(25)23-14(2)6-8-16-4-3-11-26-16/h3-5,7,11-12,14H,6,8-10H2,1-2H3,(H,21,24)(H2,22,23,25). The van der Waals surface area contributed by atoms with Crippen molar-refractivity contribution in [1.82, 2.24) is 16.0 Å². The van der Waals surface area contributed by atoms with Crippen molar-refractivity contribution >= 4 is 11.9 Å². The van der Waals surface area contributed by atoms with Crippen LogP contribution in [0.4, 0.5) is 9.18 Å². The lowest BCUT2D eigenvalue weighted by Crippen LogP contribution is -2.43. The Bertz CT molecular complexity index is 732. The summed E-state index contributed by atoms with van der Waals surface area (Å²) in [6, 6.07) is 7.74. The summed E-state index contributed by atoms with van der Waals surface area (Å²) in [5, 5.41) is 8.13. The third-order valence-corrected chi connectivity index (χ3v) is 3.91. The maximum atomic E-state index is 13.5. The average molecular weight is 361 g/mol. The van der Waals surface area contributed by atoms with Crippen molar-refractivity contribution in [3.63, 3.8) is 0 Å². The molecule has 1 unspecified atom stereocenters. The highest BCUT2D eigenvalue weighted by molar-refractivity contribution is 5.94. The first-order valence-electron chi connectivity index (χ1n) is 8.57. The van der Waals surface area contributed by atoms with E-state index >= 15 is 0 Å². The molecule has 0 bridgehead atoms. The molecule has 1 heterocycles. The van der Waals surface area contributed by atoms with Crippen molar-refractivity contribution in [3.8, 4) is 0 Å². The number of nitrogens with one attached hydrogen (secondary N) is 3. The summed E-state index contributed by atoms with van der Waals surface area (Å²) in [6.45, 7) is 4.07. The van der Waals surface area contributed by atoms with Crippen LogP contribution in [0.3, 0.4) is 0 Å². The molecule has 7 heteroatoms. The van der Waals surface area contributed by atoms with E-state index < -0.39 is 5.82 Å². The van der Waals surface area contributed by atoms with Crippen molar-refractivity contribution < 1.29 is 18.4 Å². The maximum Gasteiger partial charge on any atom is 0.315 e. The van der Waals surface area contributed by atoms with Gasteiger partial charge in [0.1, 0.15) is 11.6 Å². The van der Waals surface area contributed by atoms with Crippen molar-refractivity contribution in [1.29, 1.82) is 0 Å². The molecular formula is C19H24FN3O3. The van der Waals surface area contributed by atoms with Gasteiger partial charge in [-0.05, 0) is 50.1 Å². The first-order valence-corrected chi connectivity index (χ1v) is 8.57. The quantitative estimate of drug-likeness (QED) is 0.632. The molecule has 140 valence electrons. The van der Waals surface area contributed by atoms with E-state index in [1.165, 1.54) is 6.07 Å². The van der Waals surface area contributed by atoms with Gasteiger partial charge in [0, 0.05) is 31.1 Å². The van der Waals surface area contributed by atoms with Gasteiger partial charge in [-0.1, -0.05) is 6.07 Å². The molecule has 0 radical (unpaired) electrons. The summed E-state index contributed by atoms with van der Waals surface area (Å²) in [6.07, 6.45) is 3.13. The Morgan fingerprint density at radius 1 is 1.19 bits per heavy atom. The van der Waals surface area contributed by atoms with E-state index in [1.807, 2.05) is 19.1 Å². The van der Waals surface area contributed by atoms with Crippen LogP contribution >= 0.6 is 0 Å². The number of aryl methyl sites for hydroxylation is 2. The molecule has 2 aromatic rings. The maximum absolute atomic E-state index is 13.5. The number of hydrogen-bond donors (Lipinski definition) is 3. The monoisotopic (exact) mass is 361 g/mol. The highest BCUT2D eigenvalue weighted by Gasteiger charge is 2.09. The van der Waals surface area contributed by atoms with E-state index in [2.05, 4.69) is 16.0 Å². The lowest BCUT2D eigenvalue weighted by molar-refractivity contribution is 0.0953. The average Bonchev–Trinajstić information content (AvgIpc) is 3.12. The lowest BCUT2D eigenvalue weighted by Gasteiger charge is -2.14. The number of urea groups is 1. The SMILES string of the molecule is Cc1ccc(C(=O)NCCNC(=O)NC(C)CCc2ccco2)cc1F. The Labute approximate surface area is 152 Å². The summed E-state index contributed by atoms with van der Waals surface area (Å²) in [4.78, 5) is 23.7. The van der Waals surface area contributed by atoms with E-state index in [4.69, 9.17) is 4.42 Å². The number of carbonyl (C=O) groups is 2. The Morgan fingerprint density at radius 2 is 1.96 bits per heavy atom. The van der Waals surface area contributed by atoms with Gasteiger partial charge in [-0.2, -0.15) is 0 Å². The zero-order valence-corrected chi connectivity index (χ0v) is 15.0. The van der Waals surface area contributed by atoms with Gasteiger partial charge in [-0.3, -0.25) is 4.79 Å². The van der Waals surface area contributed by atoms with Gasteiger partial charge in [-0.15, -0.1) is 0 Å². The fourth-order valence-corrected chi connectivity index (χ4v) is 2.35. The van der Waals surface area contributed by atoms with Crippen LogP contribution in [0.25, 0.3) is 0 Å². The predicted octanol–water partition coefficient (Wildman–Crippen LogP) is 2.78. The van der Waals surface area contributed by atoms with E-state index in [9.17, 15) is 14.0 Å². The Morgan fingerprint density at radius 3 is 2.65 bits per heavy atom. The summed E-state index contributed by atoms with van der Waals surface area (Å²) in [7, 11) is 0. The third-order valence-electron chi connectivity index (χ3n) is 3.91. The summed E-state index contributed by atoms with van der Waals surface area (Å²) in [5.41, 5.74) is 0.741. The molecular weight excluding hydrogens is 337 g/mol. The van der Waals surface area contributed by atoms with Crippen LogP contribution < -0.4 is 16.0 Å². The lowest BCUT2D eigenvalue weighted by atomic mass is 10.1. The number of halogens is 1. The highest BCUT2D eigenvalue weighted by atomic mass is 19.1. The number of amides is 3. The molecule has 1 atom stereocenters. The van der Waals surface area contributed by atoms with Gasteiger partial charge in [0.05, 0.1) is 6.26 Å². The minimum atomic E-state index is -0.418. The minimum absolute atomic E-state index is 0.00905. The van der Waals surface area contributed by atoms with Crippen molar-refractivity contribution in [2.45, 2.75) is 32.7 Å². The van der Waals surface area contributed by atoms with E-state index in [0.717, 1.165) is 18.6 Å². The number of hydrogen-bond acceptors (Lipinski definition) is 3. The molecule has 1 aromatic heterocycles. The van der Waals surface area contributed by atoms with Crippen LogP contribution in [0.15, 0.2) is 41.0 Å². The molecule has 0 fully saturated rings. The van der Waals surface area contributed by atoms with Crippen LogP contribution in [-0.4, -0.2) is 31.1 Å². The van der Waals surface area contributed by atoms with Crippen molar-refractivity contribution in [2.75, 3.05) is 13.1 Å². The molecule has 3 N–H and O–H groups in total. The fraction of sp³-hybridized carbons (Fsp3) is 0.368. The Hall–Kier alpha value is -2.83.